The fourth-order valence-electron chi connectivity index (χ4n) is 7.80. The third-order valence-electron chi connectivity index (χ3n) is 9.78. The van der Waals surface area contributed by atoms with Gasteiger partial charge in [0.15, 0.2) is 6.29 Å². The molecule has 4 fully saturated rings. The second-order valence-electron chi connectivity index (χ2n) is 12.9. The zero-order chi connectivity index (χ0) is 25.0. The van der Waals surface area contributed by atoms with Gasteiger partial charge in [-0.25, -0.2) is 0 Å². The van der Waals surface area contributed by atoms with Gasteiger partial charge in [-0.15, -0.1) is 0 Å². The largest absolute Gasteiger partial charge is 0.393 e. The first-order valence-electron chi connectivity index (χ1n) is 14.8. The molecule has 0 spiro atoms. The summed E-state index contributed by atoms with van der Waals surface area (Å²) in [4.78, 5) is 0. The van der Waals surface area contributed by atoms with Crippen LogP contribution in [0.5, 0.6) is 0 Å². The molecule has 0 aromatic heterocycles. The molecule has 1 saturated heterocycles. The quantitative estimate of drug-likeness (QED) is 0.378. The van der Waals surface area contributed by atoms with Gasteiger partial charge in [0, 0.05) is 12.5 Å². The molecule has 35 heavy (non-hydrogen) atoms. The van der Waals surface area contributed by atoms with E-state index in [1.54, 1.807) is 5.57 Å². The first-order valence-corrected chi connectivity index (χ1v) is 14.8. The van der Waals surface area contributed by atoms with Crippen LogP contribution in [0.4, 0.5) is 0 Å². The summed E-state index contributed by atoms with van der Waals surface area (Å²) in [5.41, 5.74) is 4.31. The van der Waals surface area contributed by atoms with E-state index in [-0.39, 0.29) is 18.5 Å². The molecule has 0 aromatic carbocycles. The monoisotopic (exact) mass is 484 g/mol. The Morgan fingerprint density at radius 2 is 1.94 bits per heavy atom. The van der Waals surface area contributed by atoms with Gasteiger partial charge >= 0.3 is 0 Å². The number of rotatable bonds is 8. The normalized spacial score (nSPS) is 39.4. The van der Waals surface area contributed by atoms with E-state index in [0.717, 1.165) is 50.5 Å². The fraction of sp³-hybridized carbons (Fsp3) is 0.812. The average molecular weight is 485 g/mol. The van der Waals surface area contributed by atoms with Crippen LogP contribution in [0.2, 0.25) is 0 Å². The Kier molecular flexibility index (Phi) is 9.38. The van der Waals surface area contributed by atoms with Crippen molar-refractivity contribution in [2.75, 3.05) is 6.61 Å². The minimum absolute atomic E-state index is 0.0252. The zero-order valence-electron chi connectivity index (χ0n) is 23.1. The molecule has 0 radical (unpaired) electrons. The summed E-state index contributed by atoms with van der Waals surface area (Å²) in [6.07, 6.45) is 19.6. The molecule has 0 amide bonds. The Bertz CT molecular complexity index is 774. The lowest BCUT2D eigenvalue weighted by Crippen LogP contribution is -2.39. The van der Waals surface area contributed by atoms with Crippen molar-refractivity contribution < 1.29 is 14.6 Å². The number of hydrogen-bond acceptors (Lipinski definition) is 3. The highest BCUT2D eigenvalue weighted by Gasteiger charge is 2.56. The van der Waals surface area contributed by atoms with Crippen LogP contribution >= 0.6 is 0 Å². The van der Waals surface area contributed by atoms with E-state index in [9.17, 15) is 5.11 Å². The van der Waals surface area contributed by atoms with Gasteiger partial charge in [-0.1, -0.05) is 76.8 Å². The first kappa shape index (κ1) is 27.1. The van der Waals surface area contributed by atoms with Crippen LogP contribution in [0.25, 0.3) is 0 Å². The first-order chi connectivity index (χ1) is 16.8. The van der Waals surface area contributed by atoms with Crippen molar-refractivity contribution in [2.24, 2.45) is 29.1 Å². The van der Waals surface area contributed by atoms with E-state index in [0.29, 0.717) is 17.3 Å². The molecule has 198 valence electrons. The molecule has 3 heteroatoms. The maximum atomic E-state index is 10.2. The van der Waals surface area contributed by atoms with Crippen LogP contribution in [0.15, 0.2) is 35.5 Å². The molecule has 2 unspecified atom stereocenters. The van der Waals surface area contributed by atoms with Crippen molar-refractivity contribution in [1.29, 1.82) is 0 Å². The lowest BCUT2D eigenvalue weighted by Gasteiger charge is -2.45. The predicted octanol–water partition coefficient (Wildman–Crippen LogP) is 8.14. The van der Waals surface area contributed by atoms with Crippen molar-refractivity contribution in [2.45, 2.75) is 130 Å². The Hall–Kier alpha value is -0.900. The maximum Gasteiger partial charge on any atom is 0.157 e. The second-order valence-corrected chi connectivity index (χ2v) is 12.9. The summed E-state index contributed by atoms with van der Waals surface area (Å²) in [7, 11) is 0. The van der Waals surface area contributed by atoms with E-state index >= 15 is 0 Å². The molecule has 1 N–H and O–H groups in total. The highest BCUT2D eigenvalue weighted by molar-refractivity contribution is 5.36. The van der Waals surface area contributed by atoms with Crippen molar-refractivity contribution in [3.63, 3.8) is 0 Å². The molecule has 0 aromatic rings. The maximum absolute atomic E-state index is 10.2. The van der Waals surface area contributed by atoms with Crippen LogP contribution in [-0.4, -0.2) is 30.2 Å². The zero-order valence-corrected chi connectivity index (χ0v) is 23.1. The molecule has 7 atom stereocenters. The summed E-state index contributed by atoms with van der Waals surface area (Å²) in [6.45, 7) is 14.9. The number of aliphatic hydroxyl groups is 1. The topological polar surface area (TPSA) is 38.7 Å². The minimum atomic E-state index is -0.219. The molecular weight excluding hydrogens is 432 g/mol. The van der Waals surface area contributed by atoms with Crippen molar-refractivity contribution in [3.8, 4) is 0 Å². The highest BCUT2D eigenvalue weighted by atomic mass is 16.7. The summed E-state index contributed by atoms with van der Waals surface area (Å²) in [5, 5.41) is 10.2. The Labute approximate surface area is 215 Å². The Balaban J connectivity index is 1.58. The molecule has 1 heterocycles. The SMILES string of the molecule is C=C1CC[C@H](O)C/C1=C\C=C1/CCC[C@@]2(C)[C@H]1C(OC1CCCCO1)C[C@@H]2[C@H](C)CCCC(C)C. The molecule has 3 saturated carbocycles. The van der Waals surface area contributed by atoms with Crippen molar-refractivity contribution >= 4 is 0 Å². The molecule has 3 nitrogen and oxygen atoms in total. The van der Waals surface area contributed by atoms with Crippen molar-refractivity contribution in [1.82, 2.24) is 0 Å². The fourth-order valence-corrected chi connectivity index (χ4v) is 7.80. The lowest BCUT2D eigenvalue weighted by molar-refractivity contribution is -0.195. The molecule has 4 rings (SSSR count). The van der Waals surface area contributed by atoms with E-state index in [1.807, 2.05) is 0 Å². The number of fused-ring (bicyclic) bond motifs is 1. The van der Waals surface area contributed by atoms with E-state index in [1.165, 1.54) is 62.5 Å². The predicted molar refractivity (Wildman–Crippen MR) is 145 cm³/mol. The number of aliphatic hydroxyl groups excluding tert-OH is 1. The van der Waals surface area contributed by atoms with Crippen LogP contribution < -0.4 is 0 Å². The molecule has 0 bridgehead atoms. The van der Waals surface area contributed by atoms with Gasteiger partial charge in [0.05, 0.1) is 12.2 Å². The average Bonchev–Trinajstić information content (AvgIpc) is 3.12. The second kappa shape index (κ2) is 12.1. The van der Waals surface area contributed by atoms with Gasteiger partial charge in [-0.2, -0.15) is 0 Å². The van der Waals surface area contributed by atoms with Gasteiger partial charge < -0.3 is 14.6 Å². The number of ether oxygens (including phenoxy) is 2. The molecule has 3 aliphatic carbocycles. The van der Waals surface area contributed by atoms with E-state index in [4.69, 9.17) is 9.47 Å². The van der Waals surface area contributed by atoms with Gasteiger partial charge in [0.25, 0.3) is 0 Å². The van der Waals surface area contributed by atoms with Gasteiger partial charge in [-0.3, -0.25) is 0 Å². The minimum Gasteiger partial charge on any atom is -0.393 e. The van der Waals surface area contributed by atoms with Crippen molar-refractivity contribution in [3.05, 3.63) is 35.5 Å². The van der Waals surface area contributed by atoms with Gasteiger partial charge in [0.2, 0.25) is 0 Å². The van der Waals surface area contributed by atoms with Crippen LogP contribution in [-0.2, 0) is 9.47 Å². The summed E-state index contributed by atoms with van der Waals surface area (Å²) < 4.78 is 12.9. The smallest absolute Gasteiger partial charge is 0.157 e. The Morgan fingerprint density at radius 1 is 1.11 bits per heavy atom. The van der Waals surface area contributed by atoms with E-state index in [2.05, 4.69) is 46.4 Å². The van der Waals surface area contributed by atoms with Gasteiger partial charge in [-0.05, 0) is 93.0 Å². The lowest BCUT2D eigenvalue weighted by atomic mass is 9.60. The standard InChI is InChI=1S/C32H52O3/c1-22(2)10-8-11-24(4)28-21-29(35-30-13-6-7-19-34-30)31-25(12-9-18-32(28,31)5)15-16-26-20-27(33)17-14-23(26)3/h15-16,22,24,27-31,33H,3,6-14,17-21H2,1-2,4-5H3/b25-15+,26-16+/t24-,27+,28-,29?,30?,31-,32-/m1/s1. The van der Waals surface area contributed by atoms with Crippen LogP contribution in [0.1, 0.15) is 111 Å². The van der Waals surface area contributed by atoms with Crippen LogP contribution in [0, 0.1) is 29.1 Å². The highest BCUT2D eigenvalue weighted by Crippen LogP contribution is 2.61. The number of allylic oxidation sites excluding steroid dienone is 3. The van der Waals surface area contributed by atoms with Gasteiger partial charge in [0.1, 0.15) is 0 Å². The summed E-state index contributed by atoms with van der Waals surface area (Å²) in [5.74, 6) is 2.70. The third kappa shape index (κ3) is 6.51. The third-order valence-corrected chi connectivity index (χ3v) is 9.78. The summed E-state index contributed by atoms with van der Waals surface area (Å²) in [6, 6.07) is 0. The molecule has 4 aliphatic rings. The summed E-state index contributed by atoms with van der Waals surface area (Å²) >= 11 is 0. The number of hydrogen-bond donors (Lipinski definition) is 1. The molecule has 1 aliphatic heterocycles. The Morgan fingerprint density at radius 3 is 2.69 bits per heavy atom. The van der Waals surface area contributed by atoms with E-state index < -0.39 is 0 Å². The van der Waals surface area contributed by atoms with Crippen LogP contribution in [0.3, 0.4) is 0 Å². The molecular formula is C32H52O3.